The summed E-state index contributed by atoms with van der Waals surface area (Å²) in [5, 5.41) is 0.750. The molecule has 3 aliphatic rings. The molecule has 1 aromatic heterocycles. The van der Waals surface area contributed by atoms with E-state index in [1.807, 2.05) is 17.2 Å². The number of carbonyl (C=O) groups is 2. The summed E-state index contributed by atoms with van der Waals surface area (Å²) in [6.45, 7) is 4.95. The second kappa shape index (κ2) is 10.9. The van der Waals surface area contributed by atoms with Crippen LogP contribution >= 0.6 is 43.5 Å². The zero-order chi connectivity index (χ0) is 26.3. The van der Waals surface area contributed by atoms with Crippen LogP contribution in [0.15, 0.2) is 33.3 Å². The highest BCUT2D eigenvalue weighted by molar-refractivity contribution is 9.10. The number of benzene rings is 1. The number of nitrogens with zero attached hydrogens (tertiary/aromatic N) is 3. The largest absolute Gasteiger partial charge is 0.351 e. The Balaban J connectivity index is 1.32. The molecule has 2 aromatic rings. The molecule has 5 rings (SSSR count). The maximum atomic E-state index is 13.3. The Hall–Kier alpha value is -1.64. The fourth-order valence-corrected chi connectivity index (χ4v) is 7.93. The molecule has 2 fully saturated rings. The molecule has 9 heteroatoms. The van der Waals surface area contributed by atoms with Gasteiger partial charge in [-0.15, -0.1) is 0 Å². The Bertz CT molecular complexity index is 1210. The number of hydrogen-bond acceptors (Lipinski definition) is 3. The van der Waals surface area contributed by atoms with E-state index in [0.29, 0.717) is 25.4 Å². The number of aromatic nitrogens is 1. The Labute approximate surface area is 240 Å². The normalized spacial score (nSPS) is 21.7. The van der Waals surface area contributed by atoms with Crippen molar-refractivity contribution in [3.63, 3.8) is 0 Å². The number of nitrogens with two attached hydrogens (primary N) is 1. The van der Waals surface area contributed by atoms with Crippen molar-refractivity contribution in [3.8, 4) is 0 Å². The van der Waals surface area contributed by atoms with E-state index >= 15 is 0 Å². The molecule has 37 heavy (non-hydrogen) atoms. The summed E-state index contributed by atoms with van der Waals surface area (Å²) in [4.78, 5) is 33.5. The van der Waals surface area contributed by atoms with E-state index in [4.69, 9.17) is 22.3 Å². The number of aryl methyl sites for hydroxylation is 2. The predicted molar refractivity (Wildman–Crippen MR) is 153 cm³/mol. The van der Waals surface area contributed by atoms with Gasteiger partial charge in [-0.3, -0.25) is 9.78 Å². The standard InChI is InChI=1S/C28H33Br2ClN4O2/c1-28(6-10-35(11-7-28)27(32)37)15-23(36)34-8-4-17(5-9-34)25-24-18(13-21(31)14-22(24)30)2-3-19-12-20(29)16-33-26(19)25/h12-14,16-17,25H,2-11,15H2,1H3,(H2,32,37)/t25-/m1/s1. The van der Waals surface area contributed by atoms with Gasteiger partial charge in [0.2, 0.25) is 5.91 Å². The molecular weight excluding hydrogens is 620 g/mol. The van der Waals surface area contributed by atoms with E-state index < -0.39 is 0 Å². The Morgan fingerprint density at radius 3 is 2.41 bits per heavy atom. The molecule has 0 saturated carbocycles. The third-order valence-electron chi connectivity index (χ3n) is 8.64. The zero-order valence-electron chi connectivity index (χ0n) is 21.1. The summed E-state index contributed by atoms with van der Waals surface area (Å²) in [6, 6.07) is 5.95. The molecule has 1 aromatic carbocycles. The molecule has 0 bridgehead atoms. The molecule has 1 atom stereocenters. The van der Waals surface area contributed by atoms with Gasteiger partial charge in [0.15, 0.2) is 0 Å². The summed E-state index contributed by atoms with van der Waals surface area (Å²) in [6.07, 6.45) is 7.79. The third kappa shape index (κ3) is 5.71. The molecule has 1 aliphatic carbocycles. The minimum Gasteiger partial charge on any atom is -0.351 e. The van der Waals surface area contributed by atoms with Gasteiger partial charge in [0.05, 0.1) is 5.69 Å². The second-order valence-corrected chi connectivity index (χ2v) is 13.4. The molecule has 0 radical (unpaired) electrons. The third-order valence-corrected chi connectivity index (χ3v) is 9.95. The first-order chi connectivity index (χ1) is 17.6. The van der Waals surface area contributed by atoms with Crippen LogP contribution in [0.1, 0.15) is 67.3 Å². The average Bonchev–Trinajstić information content (AvgIpc) is 3.01. The topological polar surface area (TPSA) is 79.5 Å². The lowest BCUT2D eigenvalue weighted by Gasteiger charge is -2.41. The fraction of sp³-hybridized carbons (Fsp3) is 0.536. The zero-order valence-corrected chi connectivity index (χ0v) is 25.0. The van der Waals surface area contributed by atoms with Gasteiger partial charge in [0.25, 0.3) is 0 Å². The number of halogens is 3. The Morgan fingerprint density at radius 1 is 1.05 bits per heavy atom. The van der Waals surface area contributed by atoms with Gasteiger partial charge in [-0.2, -0.15) is 0 Å². The minimum atomic E-state index is -0.368. The SMILES string of the molecule is CC1(CC(=O)N2CCC([C@H]3c4ncc(Br)cc4CCc4cc(Cl)cc(Br)c43)CC2)CCN(C(N)=O)CC1. The molecule has 6 nitrogen and oxygen atoms in total. The number of likely N-dealkylation sites (tertiary alicyclic amines) is 2. The number of amides is 3. The number of rotatable bonds is 3. The van der Waals surface area contributed by atoms with Crippen LogP contribution in [0.4, 0.5) is 4.79 Å². The van der Waals surface area contributed by atoms with Crippen LogP contribution in [0.2, 0.25) is 5.02 Å². The average molecular weight is 653 g/mol. The first-order valence-electron chi connectivity index (χ1n) is 13.1. The fourth-order valence-electron chi connectivity index (χ4n) is 6.43. The summed E-state index contributed by atoms with van der Waals surface area (Å²) in [7, 11) is 0. The maximum absolute atomic E-state index is 13.3. The van der Waals surface area contributed by atoms with Gasteiger partial charge in [0.1, 0.15) is 0 Å². The molecule has 3 amide bonds. The van der Waals surface area contributed by atoms with Crippen LogP contribution in [-0.4, -0.2) is 52.9 Å². The Morgan fingerprint density at radius 2 is 1.73 bits per heavy atom. The number of hydrogen-bond donors (Lipinski definition) is 1. The van der Waals surface area contributed by atoms with Gasteiger partial charge in [-0.25, -0.2) is 4.79 Å². The molecule has 0 spiro atoms. The van der Waals surface area contributed by atoms with Crippen molar-refractivity contribution in [1.29, 1.82) is 0 Å². The summed E-state index contributed by atoms with van der Waals surface area (Å²) >= 11 is 13.9. The first-order valence-corrected chi connectivity index (χ1v) is 15.0. The van der Waals surface area contributed by atoms with Crippen LogP contribution in [0.3, 0.4) is 0 Å². The molecular formula is C28H33Br2ClN4O2. The highest BCUT2D eigenvalue weighted by Crippen LogP contribution is 2.46. The van der Waals surface area contributed by atoms with Crippen LogP contribution in [0, 0.1) is 11.3 Å². The lowest BCUT2D eigenvalue weighted by atomic mass is 9.75. The van der Waals surface area contributed by atoms with Crippen LogP contribution in [0.5, 0.6) is 0 Å². The molecule has 3 heterocycles. The highest BCUT2D eigenvalue weighted by atomic mass is 79.9. The minimum absolute atomic E-state index is 0.0828. The Kier molecular flexibility index (Phi) is 7.90. The van der Waals surface area contributed by atoms with Crippen molar-refractivity contribution in [2.75, 3.05) is 26.2 Å². The number of piperidine rings is 2. The lowest BCUT2D eigenvalue weighted by molar-refractivity contribution is -0.135. The van der Waals surface area contributed by atoms with Crippen molar-refractivity contribution in [3.05, 3.63) is 60.7 Å². The summed E-state index contributed by atoms with van der Waals surface area (Å²) in [5.74, 6) is 0.783. The van der Waals surface area contributed by atoms with Crippen LogP contribution in [-0.2, 0) is 17.6 Å². The second-order valence-electron chi connectivity index (χ2n) is 11.2. The molecule has 2 aliphatic heterocycles. The van der Waals surface area contributed by atoms with Crippen molar-refractivity contribution in [2.45, 2.75) is 57.8 Å². The molecule has 2 N–H and O–H groups in total. The van der Waals surface area contributed by atoms with E-state index in [0.717, 1.165) is 71.3 Å². The van der Waals surface area contributed by atoms with Crippen molar-refractivity contribution >= 4 is 55.4 Å². The lowest BCUT2D eigenvalue weighted by Crippen LogP contribution is -2.47. The number of pyridine rings is 1. The van der Waals surface area contributed by atoms with Crippen LogP contribution in [0.25, 0.3) is 0 Å². The van der Waals surface area contributed by atoms with Gasteiger partial charge in [-0.1, -0.05) is 34.5 Å². The van der Waals surface area contributed by atoms with E-state index in [1.165, 1.54) is 16.7 Å². The molecule has 198 valence electrons. The quantitative estimate of drug-likeness (QED) is 0.423. The monoisotopic (exact) mass is 650 g/mol. The van der Waals surface area contributed by atoms with Gasteiger partial charge in [-0.05, 0) is 101 Å². The molecule has 0 unspecified atom stereocenters. The first kappa shape index (κ1) is 26.9. The van der Waals surface area contributed by atoms with E-state index in [9.17, 15) is 9.59 Å². The predicted octanol–water partition coefficient (Wildman–Crippen LogP) is 6.30. The number of fused-ring (bicyclic) bond motifs is 2. The van der Waals surface area contributed by atoms with E-state index in [-0.39, 0.29) is 23.3 Å². The molecule has 2 saturated heterocycles. The highest BCUT2D eigenvalue weighted by Gasteiger charge is 2.38. The van der Waals surface area contributed by atoms with Crippen molar-refractivity contribution < 1.29 is 9.59 Å². The van der Waals surface area contributed by atoms with E-state index in [2.05, 4.69) is 50.9 Å². The van der Waals surface area contributed by atoms with Gasteiger partial charge >= 0.3 is 6.03 Å². The summed E-state index contributed by atoms with van der Waals surface area (Å²) < 4.78 is 2.05. The number of primary amides is 1. The number of urea groups is 1. The van der Waals surface area contributed by atoms with Crippen molar-refractivity contribution in [1.82, 2.24) is 14.8 Å². The smallest absolute Gasteiger partial charge is 0.314 e. The summed E-state index contributed by atoms with van der Waals surface area (Å²) in [5.41, 5.74) is 10.4. The van der Waals surface area contributed by atoms with E-state index in [1.54, 1.807) is 4.90 Å². The van der Waals surface area contributed by atoms with Crippen molar-refractivity contribution in [2.24, 2.45) is 17.1 Å². The van der Waals surface area contributed by atoms with Crippen LogP contribution < -0.4 is 5.73 Å². The van der Waals surface area contributed by atoms with Gasteiger partial charge in [0, 0.05) is 58.7 Å². The maximum Gasteiger partial charge on any atom is 0.314 e. The van der Waals surface area contributed by atoms with Gasteiger partial charge < -0.3 is 15.5 Å². The number of carbonyl (C=O) groups excluding carboxylic acids is 2.